The molecule has 1 rings (SSSR count). The molecule has 0 saturated carbocycles. The minimum atomic E-state index is -0.329. The summed E-state index contributed by atoms with van der Waals surface area (Å²) in [7, 11) is 0. The summed E-state index contributed by atoms with van der Waals surface area (Å²) in [5.74, 6) is 1.94. The quantitative estimate of drug-likeness (QED) is 0.717. The van der Waals surface area contributed by atoms with Crippen LogP contribution in [0.1, 0.15) is 53.3 Å². The summed E-state index contributed by atoms with van der Waals surface area (Å²) in [6.45, 7) is 11.1. The fraction of sp³-hybridized carbons (Fsp3) is 0.667. The lowest BCUT2D eigenvalue weighted by Gasteiger charge is -2.20. The highest BCUT2D eigenvalue weighted by atomic mass is 16.1. The van der Waals surface area contributed by atoms with Crippen LogP contribution in [0.5, 0.6) is 0 Å². The Balaban J connectivity index is 2.98. The second-order valence-electron chi connectivity index (χ2n) is 6.35. The summed E-state index contributed by atoms with van der Waals surface area (Å²) < 4.78 is 0. The van der Waals surface area contributed by atoms with Crippen molar-refractivity contribution >= 4 is 17.5 Å². The van der Waals surface area contributed by atoms with Gasteiger partial charge in [-0.1, -0.05) is 27.7 Å². The lowest BCUT2D eigenvalue weighted by molar-refractivity contribution is -0.118. The van der Waals surface area contributed by atoms with E-state index >= 15 is 0 Å². The van der Waals surface area contributed by atoms with Crippen LogP contribution in [-0.2, 0) is 10.2 Å². The van der Waals surface area contributed by atoms with Crippen LogP contribution in [0.15, 0.2) is 6.07 Å². The Kier molecular flexibility index (Phi) is 5.93. The molecule has 21 heavy (non-hydrogen) atoms. The topological polar surface area (TPSA) is 92.9 Å². The predicted molar refractivity (Wildman–Crippen MR) is 86.4 cm³/mol. The van der Waals surface area contributed by atoms with Gasteiger partial charge in [-0.3, -0.25) is 4.79 Å². The zero-order chi connectivity index (χ0) is 16.0. The van der Waals surface area contributed by atoms with Gasteiger partial charge in [0.15, 0.2) is 0 Å². The van der Waals surface area contributed by atoms with Gasteiger partial charge in [-0.2, -0.15) is 0 Å². The van der Waals surface area contributed by atoms with Crippen LogP contribution in [-0.4, -0.2) is 28.5 Å². The molecule has 118 valence electrons. The van der Waals surface area contributed by atoms with Crippen molar-refractivity contribution in [2.75, 3.05) is 17.2 Å². The third-order valence-corrected chi connectivity index (χ3v) is 2.85. The fourth-order valence-electron chi connectivity index (χ4n) is 1.81. The van der Waals surface area contributed by atoms with Crippen molar-refractivity contribution in [3.05, 3.63) is 11.9 Å². The van der Waals surface area contributed by atoms with Crippen molar-refractivity contribution in [1.29, 1.82) is 0 Å². The predicted octanol–water partition coefficient (Wildman–Crippen LogP) is 2.27. The van der Waals surface area contributed by atoms with E-state index in [4.69, 9.17) is 5.73 Å². The van der Waals surface area contributed by atoms with Crippen molar-refractivity contribution < 1.29 is 4.79 Å². The van der Waals surface area contributed by atoms with E-state index in [1.807, 2.05) is 13.0 Å². The van der Waals surface area contributed by atoms with Crippen LogP contribution in [0.2, 0.25) is 0 Å². The molecule has 0 bridgehead atoms. The SMILES string of the molecule is CCCNc1cc(NC(C)CC(N)=O)nc(C(C)(C)C)n1. The number of carbonyl (C=O) groups is 1. The minimum absolute atomic E-state index is 0.0655. The lowest BCUT2D eigenvalue weighted by atomic mass is 9.96. The average Bonchev–Trinajstić information content (AvgIpc) is 2.33. The summed E-state index contributed by atoms with van der Waals surface area (Å²) >= 11 is 0. The summed E-state index contributed by atoms with van der Waals surface area (Å²) in [4.78, 5) is 20.1. The summed E-state index contributed by atoms with van der Waals surface area (Å²) in [5.41, 5.74) is 5.07. The van der Waals surface area contributed by atoms with Gasteiger partial charge < -0.3 is 16.4 Å². The number of primary amides is 1. The number of hydrogen-bond acceptors (Lipinski definition) is 5. The molecule has 0 aliphatic heterocycles. The van der Waals surface area contributed by atoms with Gasteiger partial charge in [0.25, 0.3) is 0 Å². The zero-order valence-electron chi connectivity index (χ0n) is 13.7. The standard InChI is InChI=1S/C15H27N5O/c1-6-7-17-12-9-13(18-10(2)8-11(16)21)20-14(19-12)15(3,4)5/h9-10H,6-8H2,1-5H3,(H2,16,21)(H2,17,18,19,20). The van der Waals surface area contributed by atoms with E-state index in [0.717, 1.165) is 24.6 Å². The highest BCUT2D eigenvalue weighted by Crippen LogP contribution is 2.22. The maximum atomic E-state index is 11.0. The molecule has 0 radical (unpaired) electrons. The molecule has 1 aromatic heterocycles. The van der Waals surface area contributed by atoms with Gasteiger partial charge in [0, 0.05) is 30.5 Å². The normalized spacial score (nSPS) is 12.8. The van der Waals surface area contributed by atoms with E-state index in [1.54, 1.807) is 0 Å². The van der Waals surface area contributed by atoms with Crippen LogP contribution >= 0.6 is 0 Å². The van der Waals surface area contributed by atoms with Crippen molar-refractivity contribution in [2.45, 2.75) is 58.9 Å². The number of aromatic nitrogens is 2. The van der Waals surface area contributed by atoms with Crippen molar-refractivity contribution in [3.63, 3.8) is 0 Å². The molecule has 6 nitrogen and oxygen atoms in total. The van der Waals surface area contributed by atoms with Gasteiger partial charge in [-0.15, -0.1) is 0 Å². The van der Waals surface area contributed by atoms with Crippen LogP contribution in [0.4, 0.5) is 11.6 Å². The molecule has 4 N–H and O–H groups in total. The Morgan fingerprint density at radius 2 is 1.95 bits per heavy atom. The second kappa shape index (κ2) is 7.24. The Morgan fingerprint density at radius 3 is 2.48 bits per heavy atom. The first-order valence-electron chi connectivity index (χ1n) is 7.40. The largest absolute Gasteiger partial charge is 0.370 e. The van der Waals surface area contributed by atoms with E-state index in [2.05, 4.69) is 48.3 Å². The molecule has 1 atom stereocenters. The van der Waals surface area contributed by atoms with Gasteiger partial charge in [-0.25, -0.2) is 9.97 Å². The fourth-order valence-corrected chi connectivity index (χ4v) is 1.81. The Bertz CT molecular complexity index is 481. The summed E-state index contributed by atoms with van der Waals surface area (Å²) in [6, 6.07) is 1.80. The first-order chi connectivity index (χ1) is 9.72. The van der Waals surface area contributed by atoms with Crippen LogP contribution < -0.4 is 16.4 Å². The molecule has 0 spiro atoms. The third kappa shape index (κ3) is 5.97. The molecule has 1 aromatic rings. The highest BCUT2D eigenvalue weighted by molar-refractivity contribution is 5.74. The first-order valence-corrected chi connectivity index (χ1v) is 7.40. The average molecular weight is 293 g/mol. The molecular weight excluding hydrogens is 266 g/mol. The van der Waals surface area contributed by atoms with Gasteiger partial charge in [-0.05, 0) is 13.3 Å². The van der Waals surface area contributed by atoms with Gasteiger partial charge >= 0.3 is 0 Å². The number of nitrogens with zero attached hydrogens (tertiary/aromatic N) is 2. The lowest BCUT2D eigenvalue weighted by Crippen LogP contribution is -2.25. The molecule has 0 saturated heterocycles. The zero-order valence-corrected chi connectivity index (χ0v) is 13.7. The molecule has 1 heterocycles. The molecular formula is C15H27N5O. The Labute approximate surface area is 126 Å². The monoisotopic (exact) mass is 293 g/mol. The number of nitrogens with one attached hydrogen (secondary N) is 2. The minimum Gasteiger partial charge on any atom is -0.370 e. The third-order valence-electron chi connectivity index (χ3n) is 2.85. The number of anilines is 2. The van der Waals surface area contributed by atoms with Crippen molar-refractivity contribution in [2.24, 2.45) is 5.73 Å². The van der Waals surface area contributed by atoms with Gasteiger partial charge in [0.1, 0.15) is 17.5 Å². The van der Waals surface area contributed by atoms with E-state index in [9.17, 15) is 4.79 Å². The smallest absolute Gasteiger partial charge is 0.219 e. The molecule has 0 aliphatic rings. The number of carbonyl (C=O) groups excluding carboxylic acids is 1. The molecule has 0 fully saturated rings. The maximum absolute atomic E-state index is 11.0. The Morgan fingerprint density at radius 1 is 1.33 bits per heavy atom. The number of amides is 1. The van der Waals surface area contributed by atoms with Crippen LogP contribution in [0, 0.1) is 0 Å². The molecule has 0 aromatic carbocycles. The molecule has 1 amide bonds. The second-order valence-corrected chi connectivity index (χ2v) is 6.35. The summed E-state index contributed by atoms with van der Waals surface area (Å²) in [5, 5.41) is 6.49. The molecule has 1 unspecified atom stereocenters. The number of rotatable bonds is 7. The molecule has 0 aliphatic carbocycles. The maximum Gasteiger partial charge on any atom is 0.219 e. The van der Waals surface area contributed by atoms with E-state index in [0.29, 0.717) is 5.82 Å². The Hall–Kier alpha value is -1.85. The highest BCUT2D eigenvalue weighted by Gasteiger charge is 2.19. The summed E-state index contributed by atoms with van der Waals surface area (Å²) in [6.07, 6.45) is 1.29. The van der Waals surface area contributed by atoms with Crippen LogP contribution in [0.25, 0.3) is 0 Å². The van der Waals surface area contributed by atoms with E-state index in [1.165, 1.54) is 0 Å². The first kappa shape index (κ1) is 17.2. The van der Waals surface area contributed by atoms with Gasteiger partial charge in [0.2, 0.25) is 5.91 Å². The van der Waals surface area contributed by atoms with E-state index < -0.39 is 0 Å². The number of nitrogens with two attached hydrogens (primary N) is 1. The van der Waals surface area contributed by atoms with Crippen molar-refractivity contribution in [3.8, 4) is 0 Å². The molecule has 6 heteroatoms. The van der Waals surface area contributed by atoms with Crippen LogP contribution in [0.3, 0.4) is 0 Å². The van der Waals surface area contributed by atoms with Crippen molar-refractivity contribution in [1.82, 2.24) is 9.97 Å². The van der Waals surface area contributed by atoms with Gasteiger partial charge in [0.05, 0.1) is 0 Å². The number of hydrogen-bond donors (Lipinski definition) is 3. The van der Waals surface area contributed by atoms with E-state index in [-0.39, 0.29) is 23.8 Å².